The van der Waals surface area contributed by atoms with Crippen molar-refractivity contribution in [2.45, 2.75) is 51.0 Å². The molecule has 0 bridgehead atoms. The second-order valence-corrected chi connectivity index (χ2v) is 6.55. The van der Waals surface area contributed by atoms with E-state index in [4.69, 9.17) is 9.47 Å². The maximum Gasteiger partial charge on any atom is 0.309 e. The van der Waals surface area contributed by atoms with E-state index in [-0.39, 0.29) is 6.10 Å². The molecule has 2 amide bonds. The first-order chi connectivity index (χ1) is 11.6. The lowest BCUT2D eigenvalue weighted by molar-refractivity contribution is -0.161. The zero-order valence-corrected chi connectivity index (χ0v) is 14.0. The Labute approximate surface area is 141 Å². The van der Waals surface area contributed by atoms with Crippen LogP contribution in [0.4, 0.5) is 0 Å². The average molecular weight is 332 g/mol. The number of carbonyl (C=O) groups is 2. The Kier molecular flexibility index (Phi) is 5.16. The first-order valence-corrected chi connectivity index (χ1v) is 8.50. The number of aryl methyl sites for hydroxylation is 1. The summed E-state index contributed by atoms with van der Waals surface area (Å²) in [5.41, 5.74) is 2.11. The van der Waals surface area contributed by atoms with Crippen LogP contribution in [-0.2, 0) is 25.6 Å². The lowest BCUT2D eigenvalue weighted by Crippen LogP contribution is -2.43. The predicted octanol–water partition coefficient (Wildman–Crippen LogP) is 1.41. The van der Waals surface area contributed by atoms with Gasteiger partial charge in [-0.25, -0.2) is 0 Å². The zero-order chi connectivity index (χ0) is 17.0. The quantitative estimate of drug-likeness (QED) is 0.818. The summed E-state index contributed by atoms with van der Waals surface area (Å²) >= 11 is 0. The van der Waals surface area contributed by atoms with Gasteiger partial charge < -0.3 is 20.1 Å². The van der Waals surface area contributed by atoms with Gasteiger partial charge in [0.1, 0.15) is 6.10 Å². The molecule has 24 heavy (non-hydrogen) atoms. The van der Waals surface area contributed by atoms with Crippen molar-refractivity contribution < 1.29 is 19.1 Å². The van der Waals surface area contributed by atoms with Crippen molar-refractivity contribution >= 4 is 11.8 Å². The van der Waals surface area contributed by atoms with E-state index in [9.17, 15) is 9.59 Å². The summed E-state index contributed by atoms with van der Waals surface area (Å²) in [7, 11) is 0. The van der Waals surface area contributed by atoms with Crippen LogP contribution in [0.3, 0.4) is 0 Å². The number of carbonyl (C=O) groups excluding carboxylic acids is 2. The van der Waals surface area contributed by atoms with Gasteiger partial charge in [-0.15, -0.1) is 0 Å². The van der Waals surface area contributed by atoms with Crippen molar-refractivity contribution in [3.63, 3.8) is 0 Å². The van der Waals surface area contributed by atoms with Gasteiger partial charge in [0.25, 0.3) is 0 Å². The largest absolute Gasteiger partial charge is 0.347 e. The van der Waals surface area contributed by atoms with E-state index < -0.39 is 17.6 Å². The highest BCUT2D eigenvalue weighted by Crippen LogP contribution is 2.38. The Morgan fingerprint density at radius 2 is 1.79 bits per heavy atom. The third-order valence-electron chi connectivity index (χ3n) is 4.55. The van der Waals surface area contributed by atoms with E-state index >= 15 is 0 Å². The molecule has 6 nitrogen and oxygen atoms in total. The van der Waals surface area contributed by atoms with Gasteiger partial charge in [0.05, 0.1) is 6.61 Å². The van der Waals surface area contributed by atoms with Crippen molar-refractivity contribution in [3.05, 3.63) is 35.4 Å². The van der Waals surface area contributed by atoms with Gasteiger partial charge in [-0.2, -0.15) is 0 Å². The van der Waals surface area contributed by atoms with Gasteiger partial charge in [-0.3, -0.25) is 9.59 Å². The number of hydrogen-bond acceptors (Lipinski definition) is 4. The van der Waals surface area contributed by atoms with Crippen molar-refractivity contribution in [2.24, 2.45) is 0 Å². The molecule has 1 aliphatic carbocycles. The molecule has 1 saturated heterocycles. The molecule has 1 unspecified atom stereocenters. The molecule has 3 rings (SSSR count). The summed E-state index contributed by atoms with van der Waals surface area (Å²) in [5, 5.41) is 5.24. The fourth-order valence-corrected chi connectivity index (χ4v) is 3.15. The Morgan fingerprint density at radius 3 is 2.50 bits per heavy atom. The van der Waals surface area contributed by atoms with Crippen LogP contribution in [0.15, 0.2) is 24.3 Å². The number of rotatable bonds is 4. The van der Waals surface area contributed by atoms with Gasteiger partial charge >= 0.3 is 11.8 Å². The van der Waals surface area contributed by atoms with E-state index in [0.29, 0.717) is 19.7 Å². The SMILES string of the molecule is Cc1ccc(CNC(=O)C(=O)NCC2COC3(CCCC3)O2)cc1. The fraction of sp³-hybridized carbons (Fsp3) is 0.556. The van der Waals surface area contributed by atoms with E-state index in [1.54, 1.807) is 0 Å². The molecule has 130 valence electrons. The molecule has 0 aromatic heterocycles. The topological polar surface area (TPSA) is 76.7 Å². The van der Waals surface area contributed by atoms with E-state index in [2.05, 4.69) is 10.6 Å². The van der Waals surface area contributed by atoms with Crippen molar-refractivity contribution in [1.29, 1.82) is 0 Å². The highest BCUT2D eigenvalue weighted by atomic mass is 16.7. The second kappa shape index (κ2) is 7.32. The molecule has 6 heteroatoms. The van der Waals surface area contributed by atoms with Crippen LogP contribution in [0.1, 0.15) is 36.8 Å². The van der Waals surface area contributed by atoms with Gasteiger partial charge in [0, 0.05) is 25.9 Å². The molecule has 1 aliphatic heterocycles. The fourth-order valence-electron chi connectivity index (χ4n) is 3.15. The molecular weight excluding hydrogens is 308 g/mol. The molecule has 2 N–H and O–H groups in total. The summed E-state index contributed by atoms with van der Waals surface area (Å²) < 4.78 is 11.7. The maximum atomic E-state index is 11.9. The second-order valence-electron chi connectivity index (χ2n) is 6.55. The highest BCUT2D eigenvalue weighted by molar-refractivity contribution is 6.35. The minimum atomic E-state index is -0.641. The molecule has 1 aromatic rings. The zero-order valence-electron chi connectivity index (χ0n) is 14.0. The van der Waals surface area contributed by atoms with Gasteiger partial charge in [0.15, 0.2) is 5.79 Å². The average Bonchev–Trinajstić information content (AvgIpc) is 3.22. The third-order valence-corrected chi connectivity index (χ3v) is 4.55. The lowest BCUT2D eigenvalue weighted by atomic mass is 10.1. The Balaban J connectivity index is 1.38. The van der Waals surface area contributed by atoms with Crippen LogP contribution in [0.5, 0.6) is 0 Å². The first kappa shape index (κ1) is 16.9. The monoisotopic (exact) mass is 332 g/mol. The van der Waals surface area contributed by atoms with E-state index in [1.165, 1.54) is 0 Å². The minimum absolute atomic E-state index is 0.183. The van der Waals surface area contributed by atoms with Crippen molar-refractivity contribution in [1.82, 2.24) is 10.6 Å². The van der Waals surface area contributed by atoms with Gasteiger partial charge in [-0.05, 0) is 25.3 Å². The summed E-state index contributed by atoms with van der Waals surface area (Å²) in [5.74, 6) is -1.72. The number of benzene rings is 1. The summed E-state index contributed by atoms with van der Waals surface area (Å²) in [4.78, 5) is 23.7. The molecule has 1 aromatic carbocycles. The molecule has 1 heterocycles. The minimum Gasteiger partial charge on any atom is -0.347 e. The number of hydrogen-bond donors (Lipinski definition) is 2. The molecule has 0 radical (unpaired) electrons. The summed E-state index contributed by atoms with van der Waals surface area (Å²) in [6, 6.07) is 7.80. The predicted molar refractivity (Wildman–Crippen MR) is 88.1 cm³/mol. The van der Waals surface area contributed by atoms with Crippen LogP contribution < -0.4 is 10.6 Å². The molecule has 2 aliphatic rings. The van der Waals surface area contributed by atoms with Crippen LogP contribution in [0.25, 0.3) is 0 Å². The number of amides is 2. The molecule has 1 spiro atoms. The van der Waals surface area contributed by atoms with Crippen LogP contribution in [-0.4, -0.2) is 36.9 Å². The van der Waals surface area contributed by atoms with Crippen LogP contribution >= 0.6 is 0 Å². The summed E-state index contributed by atoms with van der Waals surface area (Å²) in [6.07, 6.45) is 3.86. The Hall–Kier alpha value is -1.92. The molecule has 2 fully saturated rings. The summed E-state index contributed by atoms with van der Waals surface area (Å²) in [6.45, 7) is 3.09. The normalized spacial score (nSPS) is 21.8. The molecular formula is C18H24N2O4. The number of ether oxygens (including phenoxy) is 2. The van der Waals surface area contributed by atoms with Crippen molar-refractivity contribution in [3.8, 4) is 0 Å². The van der Waals surface area contributed by atoms with Crippen LogP contribution in [0, 0.1) is 6.92 Å². The van der Waals surface area contributed by atoms with Crippen LogP contribution in [0.2, 0.25) is 0 Å². The van der Waals surface area contributed by atoms with Crippen molar-refractivity contribution in [2.75, 3.05) is 13.2 Å². The molecule has 1 atom stereocenters. The molecule has 1 saturated carbocycles. The van der Waals surface area contributed by atoms with Gasteiger partial charge in [0.2, 0.25) is 0 Å². The first-order valence-electron chi connectivity index (χ1n) is 8.50. The third kappa shape index (κ3) is 4.13. The standard InChI is InChI=1S/C18H24N2O4/c1-13-4-6-14(7-5-13)10-19-16(21)17(22)20-11-15-12-23-18(24-15)8-2-3-9-18/h4-7,15H,2-3,8-12H2,1H3,(H,19,21)(H,20,22). The Morgan fingerprint density at radius 1 is 1.12 bits per heavy atom. The van der Waals surface area contributed by atoms with E-state index in [1.807, 2.05) is 31.2 Å². The van der Waals surface area contributed by atoms with E-state index in [0.717, 1.165) is 36.8 Å². The Bertz CT molecular complexity index is 594. The van der Waals surface area contributed by atoms with Gasteiger partial charge in [-0.1, -0.05) is 29.8 Å². The smallest absolute Gasteiger partial charge is 0.309 e. The lowest BCUT2D eigenvalue weighted by Gasteiger charge is -2.21. The highest BCUT2D eigenvalue weighted by Gasteiger charge is 2.43. The number of nitrogens with one attached hydrogen (secondary N) is 2. The maximum absolute atomic E-state index is 11.9.